The van der Waals surface area contributed by atoms with Crippen molar-refractivity contribution in [1.29, 1.82) is 5.26 Å². The number of halogens is 1. The van der Waals surface area contributed by atoms with Gasteiger partial charge in [-0.15, -0.1) is 0 Å². The molecule has 0 aliphatic carbocycles. The second kappa shape index (κ2) is 8.67. The molecule has 0 bridgehead atoms. The number of primary amides is 1. The monoisotopic (exact) mass is 392 g/mol. The van der Waals surface area contributed by atoms with Crippen molar-refractivity contribution < 1.29 is 13.9 Å². The molecule has 1 unspecified atom stereocenters. The standard InChI is InChI=1S/C20H17FN6O2/c1-12(10-22)29-16-8-6-14(7-9-16)25-19-17(21)11-24-20(27-19)26-15-4-2-13(3-5-15)18(23)28/h2-9,11-12H,1H3,(H2,23,28)(H2,24,25,26,27). The number of carbonyl (C=O) groups excluding carboxylic acids is 1. The Kier molecular flexibility index (Phi) is 5.85. The number of aromatic nitrogens is 2. The summed E-state index contributed by atoms with van der Waals surface area (Å²) in [5.41, 5.74) is 6.77. The largest absolute Gasteiger partial charge is 0.476 e. The third kappa shape index (κ3) is 5.17. The number of hydrogen-bond acceptors (Lipinski definition) is 7. The molecule has 0 aliphatic heterocycles. The van der Waals surface area contributed by atoms with Crippen LogP contribution in [-0.4, -0.2) is 22.0 Å². The summed E-state index contributed by atoms with van der Waals surface area (Å²) in [6.45, 7) is 1.64. The summed E-state index contributed by atoms with van der Waals surface area (Å²) in [7, 11) is 0. The molecule has 8 nitrogen and oxygen atoms in total. The Labute approximate surface area is 166 Å². The molecule has 1 amide bonds. The molecule has 3 rings (SSSR count). The second-order valence-corrected chi connectivity index (χ2v) is 6.00. The van der Waals surface area contributed by atoms with Crippen LogP contribution in [0.5, 0.6) is 5.75 Å². The zero-order valence-electron chi connectivity index (χ0n) is 15.4. The van der Waals surface area contributed by atoms with Crippen LogP contribution in [0.2, 0.25) is 0 Å². The fourth-order valence-electron chi connectivity index (χ4n) is 2.35. The van der Waals surface area contributed by atoms with Crippen LogP contribution < -0.4 is 21.1 Å². The molecule has 9 heteroatoms. The Morgan fingerprint density at radius 2 is 1.76 bits per heavy atom. The number of hydrogen-bond donors (Lipinski definition) is 3. The van der Waals surface area contributed by atoms with Crippen LogP contribution in [0.25, 0.3) is 0 Å². The predicted octanol–water partition coefficient (Wildman–Crippen LogP) is 3.49. The third-order valence-electron chi connectivity index (χ3n) is 3.78. The van der Waals surface area contributed by atoms with E-state index >= 15 is 0 Å². The minimum absolute atomic E-state index is 0.0182. The van der Waals surface area contributed by atoms with Crippen molar-refractivity contribution in [2.75, 3.05) is 10.6 Å². The number of benzene rings is 2. The second-order valence-electron chi connectivity index (χ2n) is 6.00. The normalized spacial score (nSPS) is 11.2. The highest BCUT2D eigenvalue weighted by Crippen LogP contribution is 2.23. The number of nitrogens with one attached hydrogen (secondary N) is 2. The van der Waals surface area contributed by atoms with Gasteiger partial charge >= 0.3 is 0 Å². The first kappa shape index (κ1) is 19.6. The number of rotatable bonds is 7. The molecule has 3 aromatic rings. The molecular weight excluding hydrogens is 375 g/mol. The highest BCUT2D eigenvalue weighted by Gasteiger charge is 2.09. The van der Waals surface area contributed by atoms with Crippen LogP contribution in [0.15, 0.2) is 54.7 Å². The van der Waals surface area contributed by atoms with Gasteiger partial charge in [-0.2, -0.15) is 10.2 Å². The Morgan fingerprint density at radius 1 is 1.14 bits per heavy atom. The smallest absolute Gasteiger partial charge is 0.248 e. The summed E-state index contributed by atoms with van der Waals surface area (Å²) < 4.78 is 19.5. The molecule has 29 heavy (non-hydrogen) atoms. The van der Waals surface area contributed by atoms with Crippen molar-refractivity contribution in [1.82, 2.24) is 9.97 Å². The molecule has 1 heterocycles. The lowest BCUT2D eigenvalue weighted by Gasteiger charge is -2.11. The van der Waals surface area contributed by atoms with Crippen LogP contribution >= 0.6 is 0 Å². The molecule has 2 aromatic carbocycles. The fraction of sp³-hybridized carbons (Fsp3) is 0.100. The molecule has 0 radical (unpaired) electrons. The molecule has 0 spiro atoms. The Morgan fingerprint density at radius 3 is 2.38 bits per heavy atom. The van der Waals surface area contributed by atoms with Crippen LogP contribution in [-0.2, 0) is 0 Å². The molecule has 0 saturated carbocycles. The molecule has 0 aliphatic rings. The first-order chi connectivity index (χ1) is 13.9. The first-order valence-electron chi connectivity index (χ1n) is 8.57. The lowest BCUT2D eigenvalue weighted by Crippen LogP contribution is -2.10. The number of amides is 1. The van der Waals surface area contributed by atoms with Gasteiger partial charge in [-0.05, 0) is 55.5 Å². The van der Waals surface area contributed by atoms with Crippen molar-refractivity contribution in [2.24, 2.45) is 5.73 Å². The van der Waals surface area contributed by atoms with Crippen LogP contribution in [0.1, 0.15) is 17.3 Å². The quantitative estimate of drug-likeness (QED) is 0.562. The fourth-order valence-corrected chi connectivity index (χ4v) is 2.35. The van der Waals surface area contributed by atoms with Gasteiger partial charge in [0.25, 0.3) is 0 Å². The Bertz CT molecular complexity index is 1050. The maximum Gasteiger partial charge on any atom is 0.248 e. The maximum atomic E-state index is 14.1. The Hall–Kier alpha value is -4.19. The zero-order valence-corrected chi connectivity index (χ0v) is 15.4. The molecule has 1 atom stereocenters. The summed E-state index contributed by atoms with van der Waals surface area (Å²) in [4.78, 5) is 19.2. The van der Waals surface area contributed by atoms with E-state index < -0.39 is 17.8 Å². The molecular formula is C20H17FN6O2. The van der Waals surface area contributed by atoms with E-state index in [1.807, 2.05) is 6.07 Å². The molecule has 0 fully saturated rings. The SMILES string of the molecule is CC(C#N)Oc1ccc(Nc2nc(Nc3ccc(C(N)=O)cc3)ncc2F)cc1. The van der Waals surface area contributed by atoms with Crippen LogP contribution in [0, 0.1) is 17.1 Å². The van der Waals surface area contributed by atoms with Gasteiger partial charge in [-0.1, -0.05) is 0 Å². The van der Waals surface area contributed by atoms with Crippen molar-refractivity contribution in [3.63, 3.8) is 0 Å². The van der Waals surface area contributed by atoms with E-state index in [2.05, 4.69) is 20.6 Å². The molecule has 4 N–H and O–H groups in total. The average Bonchev–Trinajstić information content (AvgIpc) is 2.72. The highest BCUT2D eigenvalue weighted by atomic mass is 19.1. The van der Waals surface area contributed by atoms with Crippen molar-refractivity contribution >= 4 is 29.0 Å². The number of nitrogens with two attached hydrogens (primary N) is 1. The average molecular weight is 392 g/mol. The lowest BCUT2D eigenvalue weighted by molar-refractivity contribution is 0.100. The van der Waals surface area contributed by atoms with E-state index in [-0.39, 0.29) is 11.8 Å². The molecule has 0 saturated heterocycles. The summed E-state index contributed by atoms with van der Waals surface area (Å²) in [6.07, 6.45) is 0.473. The van der Waals surface area contributed by atoms with Gasteiger partial charge in [0.05, 0.1) is 6.20 Å². The van der Waals surface area contributed by atoms with E-state index in [9.17, 15) is 9.18 Å². The van der Waals surface area contributed by atoms with E-state index in [0.717, 1.165) is 6.20 Å². The minimum atomic E-state index is -0.627. The van der Waals surface area contributed by atoms with Gasteiger partial charge < -0.3 is 21.1 Å². The Balaban J connectivity index is 1.72. The van der Waals surface area contributed by atoms with Crippen LogP contribution in [0.4, 0.5) is 27.5 Å². The highest BCUT2D eigenvalue weighted by molar-refractivity contribution is 5.93. The number of nitriles is 1. The van der Waals surface area contributed by atoms with Gasteiger partial charge in [0.2, 0.25) is 11.9 Å². The van der Waals surface area contributed by atoms with Gasteiger partial charge in [0.15, 0.2) is 17.7 Å². The van der Waals surface area contributed by atoms with Gasteiger partial charge in [0, 0.05) is 16.9 Å². The number of anilines is 4. The number of carbonyl (C=O) groups is 1. The van der Waals surface area contributed by atoms with Crippen LogP contribution in [0.3, 0.4) is 0 Å². The van der Waals surface area contributed by atoms with E-state index in [4.69, 9.17) is 15.7 Å². The van der Waals surface area contributed by atoms with Gasteiger partial charge in [-0.3, -0.25) is 4.79 Å². The number of ether oxygens (including phenoxy) is 1. The van der Waals surface area contributed by atoms with E-state index in [1.54, 1.807) is 55.5 Å². The topological polar surface area (TPSA) is 126 Å². The minimum Gasteiger partial charge on any atom is -0.476 e. The maximum absolute atomic E-state index is 14.1. The summed E-state index contributed by atoms with van der Waals surface area (Å²) in [5.74, 6) is -0.481. The number of nitrogens with zero attached hydrogens (tertiary/aromatic N) is 3. The summed E-state index contributed by atoms with van der Waals surface area (Å²) >= 11 is 0. The lowest BCUT2D eigenvalue weighted by atomic mass is 10.2. The summed E-state index contributed by atoms with van der Waals surface area (Å²) in [6, 6.07) is 15.1. The molecule has 1 aromatic heterocycles. The van der Waals surface area contributed by atoms with Crippen molar-refractivity contribution in [3.05, 3.63) is 66.1 Å². The van der Waals surface area contributed by atoms with Crippen molar-refractivity contribution in [3.8, 4) is 11.8 Å². The third-order valence-corrected chi connectivity index (χ3v) is 3.78. The predicted molar refractivity (Wildman–Crippen MR) is 106 cm³/mol. The molecule has 146 valence electrons. The zero-order chi connectivity index (χ0) is 20.8. The summed E-state index contributed by atoms with van der Waals surface area (Å²) in [5, 5.41) is 14.6. The van der Waals surface area contributed by atoms with Gasteiger partial charge in [-0.25, -0.2) is 9.37 Å². The van der Waals surface area contributed by atoms with Gasteiger partial charge in [0.1, 0.15) is 11.8 Å². The van der Waals surface area contributed by atoms with E-state index in [0.29, 0.717) is 22.7 Å². The van der Waals surface area contributed by atoms with E-state index in [1.165, 1.54) is 0 Å². The first-order valence-corrected chi connectivity index (χ1v) is 8.57. The van der Waals surface area contributed by atoms with Crippen molar-refractivity contribution in [2.45, 2.75) is 13.0 Å².